The summed E-state index contributed by atoms with van der Waals surface area (Å²) >= 11 is 9.47. The zero-order valence-corrected chi connectivity index (χ0v) is 13.1. The topological polar surface area (TPSA) is 42.2 Å². The van der Waals surface area contributed by atoms with Gasteiger partial charge in [0.1, 0.15) is 5.65 Å². The molecule has 20 heavy (non-hydrogen) atoms. The molecule has 0 aliphatic heterocycles. The van der Waals surface area contributed by atoms with Crippen LogP contribution in [-0.4, -0.2) is 14.4 Å². The van der Waals surface area contributed by atoms with Crippen molar-refractivity contribution in [1.82, 2.24) is 14.4 Å². The van der Waals surface area contributed by atoms with E-state index < -0.39 is 0 Å². The van der Waals surface area contributed by atoms with E-state index in [2.05, 4.69) is 35.6 Å². The number of rotatable bonds is 3. The number of aromatic nitrogens is 3. The molecule has 3 rings (SSSR count). The van der Waals surface area contributed by atoms with Crippen LogP contribution >= 0.6 is 27.5 Å². The normalized spacial score (nSPS) is 10.9. The van der Waals surface area contributed by atoms with Crippen LogP contribution in [-0.2, 0) is 6.54 Å². The van der Waals surface area contributed by atoms with E-state index in [1.165, 1.54) is 0 Å². The van der Waals surface area contributed by atoms with E-state index in [-0.39, 0.29) is 0 Å². The molecule has 0 fully saturated rings. The van der Waals surface area contributed by atoms with Crippen molar-refractivity contribution in [1.29, 1.82) is 0 Å². The molecule has 0 spiro atoms. The third-order valence-corrected chi connectivity index (χ3v) is 3.82. The molecule has 3 aromatic rings. The molecular weight excluding hydrogens is 340 g/mol. The van der Waals surface area contributed by atoms with Crippen molar-refractivity contribution < 1.29 is 0 Å². The molecule has 3 heterocycles. The van der Waals surface area contributed by atoms with E-state index in [1.54, 1.807) is 6.20 Å². The van der Waals surface area contributed by atoms with Gasteiger partial charge >= 0.3 is 0 Å². The van der Waals surface area contributed by atoms with E-state index >= 15 is 0 Å². The highest BCUT2D eigenvalue weighted by Crippen LogP contribution is 2.24. The lowest BCUT2D eigenvalue weighted by molar-refractivity contribution is 0.984. The highest BCUT2D eigenvalue weighted by atomic mass is 79.9. The number of imidazole rings is 1. The Morgan fingerprint density at radius 1 is 1.40 bits per heavy atom. The lowest BCUT2D eigenvalue weighted by Crippen LogP contribution is -2.05. The SMILES string of the molecule is Cc1nc2ccccn2c1CNc1cc(Br)cnc1Cl. The Morgan fingerprint density at radius 2 is 2.25 bits per heavy atom. The fraction of sp³-hybridized carbons (Fsp3) is 0.143. The standard InChI is InChI=1S/C14H12BrClN4/c1-9-12(20-5-3-2-4-13(20)19-9)8-17-11-6-10(15)7-18-14(11)16/h2-7,17H,8H2,1H3. The van der Waals surface area contributed by atoms with Crippen molar-refractivity contribution in [2.24, 2.45) is 0 Å². The highest BCUT2D eigenvalue weighted by molar-refractivity contribution is 9.10. The molecule has 0 bridgehead atoms. The predicted molar refractivity (Wildman–Crippen MR) is 84.2 cm³/mol. The Kier molecular flexibility index (Phi) is 3.63. The van der Waals surface area contributed by atoms with E-state index in [4.69, 9.17) is 11.6 Å². The van der Waals surface area contributed by atoms with E-state index in [1.807, 2.05) is 37.4 Å². The summed E-state index contributed by atoms with van der Waals surface area (Å²) in [7, 11) is 0. The van der Waals surface area contributed by atoms with E-state index in [0.717, 1.165) is 27.2 Å². The van der Waals surface area contributed by atoms with Crippen molar-refractivity contribution in [2.75, 3.05) is 5.32 Å². The second kappa shape index (κ2) is 5.42. The average Bonchev–Trinajstić information content (AvgIpc) is 2.75. The largest absolute Gasteiger partial charge is 0.377 e. The number of hydrogen-bond acceptors (Lipinski definition) is 3. The van der Waals surface area contributed by atoms with Gasteiger partial charge in [0.05, 0.1) is 23.6 Å². The van der Waals surface area contributed by atoms with Crippen molar-refractivity contribution in [2.45, 2.75) is 13.5 Å². The molecule has 0 aromatic carbocycles. The molecule has 0 unspecified atom stereocenters. The Hall–Kier alpha value is -1.59. The minimum Gasteiger partial charge on any atom is -0.377 e. The van der Waals surface area contributed by atoms with Crippen molar-refractivity contribution in [3.63, 3.8) is 0 Å². The number of nitrogens with zero attached hydrogens (tertiary/aromatic N) is 3. The van der Waals surface area contributed by atoms with Gasteiger partial charge in [0.2, 0.25) is 0 Å². The van der Waals surface area contributed by atoms with Crippen LogP contribution in [0.5, 0.6) is 0 Å². The highest BCUT2D eigenvalue weighted by Gasteiger charge is 2.09. The third-order valence-electron chi connectivity index (χ3n) is 3.08. The molecule has 1 N–H and O–H groups in total. The lowest BCUT2D eigenvalue weighted by atomic mass is 10.3. The predicted octanol–water partition coefficient (Wildman–Crippen LogP) is 4.07. The van der Waals surface area contributed by atoms with Crippen LogP contribution in [0.25, 0.3) is 5.65 Å². The second-order valence-electron chi connectivity index (χ2n) is 4.42. The van der Waals surface area contributed by atoms with Crippen molar-refractivity contribution in [3.05, 3.63) is 57.7 Å². The Labute approximate surface area is 129 Å². The summed E-state index contributed by atoms with van der Waals surface area (Å²) in [6.07, 6.45) is 3.68. The molecule has 3 aromatic heterocycles. The van der Waals surface area contributed by atoms with Gasteiger partial charge in [0.25, 0.3) is 0 Å². The fourth-order valence-corrected chi connectivity index (χ4v) is 2.60. The number of pyridine rings is 2. The molecule has 0 saturated heterocycles. The first-order chi connectivity index (χ1) is 9.65. The Bertz CT molecular complexity index is 769. The molecule has 4 nitrogen and oxygen atoms in total. The van der Waals surface area contributed by atoms with Crippen LogP contribution in [0.4, 0.5) is 5.69 Å². The molecule has 0 amide bonds. The van der Waals surface area contributed by atoms with E-state index in [0.29, 0.717) is 11.7 Å². The van der Waals surface area contributed by atoms with Crippen LogP contribution in [0.1, 0.15) is 11.4 Å². The van der Waals surface area contributed by atoms with Gasteiger partial charge in [-0.2, -0.15) is 0 Å². The van der Waals surface area contributed by atoms with Gasteiger partial charge in [-0.3, -0.25) is 0 Å². The number of nitrogens with one attached hydrogen (secondary N) is 1. The molecule has 102 valence electrons. The van der Waals surface area contributed by atoms with Gasteiger partial charge in [-0.1, -0.05) is 17.7 Å². The van der Waals surface area contributed by atoms with Crippen molar-refractivity contribution >= 4 is 38.9 Å². The van der Waals surface area contributed by atoms with Gasteiger partial charge in [-0.25, -0.2) is 9.97 Å². The quantitative estimate of drug-likeness (QED) is 0.723. The van der Waals surface area contributed by atoms with Crippen LogP contribution < -0.4 is 5.32 Å². The van der Waals surface area contributed by atoms with Gasteiger partial charge in [-0.05, 0) is 41.1 Å². The summed E-state index contributed by atoms with van der Waals surface area (Å²) in [5.74, 6) is 0. The minimum absolute atomic E-state index is 0.458. The van der Waals surface area contributed by atoms with Crippen LogP contribution in [0.2, 0.25) is 5.15 Å². The summed E-state index contributed by atoms with van der Waals surface area (Å²) in [4.78, 5) is 8.63. The first kappa shape index (κ1) is 13.4. The molecule has 0 atom stereocenters. The maximum Gasteiger partial charge on any atom is 0.152 e. The summed E-state index contributed by atoms with van der Waals surface area (Å²) in [6.45, 7) is 2.64. The number of hydrogen-bond donors (Lipinski definition) is 1. The monoisotopic (exact) mass is 350 g/mol. The second-order valence-corrected chi connectivity index (χ2v) is 5.69. The summed E-state index contributed by atoms with van der Waals surface area (Å²) in [5.41, 5.74) is 3.85. The molecular formula is C14H12BrClN4. The maximum absolute atomic E-state index is 6.08. The smallest absolute Gasteiger partial charge is 0.152 e. The number of anilines is 1. The van der Waals surface area contributed by atoms with Gasteiger partial charge in [0.15, 0.2) is 5.15 Å². The molecule has 6 heteroatoms. The van der Waals surface area contributed by atoms with Gasteiger partial charge < -0.3 is 9.72 Å². The molecule has 0 saturated carbocycles. The first-order valence-electron chi connectivity index (χ1n) is 6.12. The number of aryl methyl sites for hydroxylation is 1. The number of halogens is 2. The van der Waals surface area contributed by atoms with Crippen LogP contribution in [0.15, 0.2) is 41.1 Å². The molecule has 0 radical (unpaired) electrons. The Balaban J connectivity index is 1.90. The minimum atomic E-state index is 0.458. The fourth-order valence-electron chi connectivity index (χ4n) is 2.10. The average molecular weight is 352 g/mol. The van der Waals surface area contributed by atoms with Crippen LogP contribution in [0.3, 0.4) is 0 Å². The van der Waals surface area contributed by atoms with Gasteiger partial charge in [-0.15, -0.1) is 0 Å². The zero-order chi connectivity index (χ0) is 14.1. The summed E-state index contributed by atoms with van der Waals surface area (Å²) in [5, 5.41) is 3.76. The Morgan fingerprint density at radius 3 is 3.10 bits per heavy atom. The zero-order valence-electron chi connectivity index (χ0n) is 10.8. The maximum atomic E-state index is 6.08. The first-order valence-corrected chi connectivity index (χ1v) is 7.30. The number of fused-ring (bicyclic) bond motifs is 1. The van der Waals surface area contributed by atoms with E-state index in [9.17, 15) is 0 Å². The summed E-state index contributed by atoms with van der Waals surface area (Å²) in [6, 6.07) is 7.87. The third kappa shape index (κ3) is 2.51. The van der Waals surface area contributed by atoms with Gasteiger partial charge in [0, 0.05) is 16.9 Å². The lowest BCUT2D eigenvalue weighted by Gasteiger charge is -2.09. The molecule has 0 aliphatic rings. The summed E-state index contributed by atoms with van der Waals surface area (Å²) < 4.78 is 2.96. The van der Waals surface area contributed by atoms with Crippen molar-refractivity contribution in [3.8, 4) is 0 Å². The molecule has 0 aliphatic carbocycles. The van der Waals surface area contributed by atoms with Crippen LogP contribution in [0, 0.1) is 6.92 Å².